The van der Waals surface area contributed by atoms with E-state index in [0.717, 1.165) is 0 Å². The Morgan fingerprint density at radius 1 is 1.12 bits per heavy atom. The van der Waals surface area contributed by atoms with Crippen molar-refractivity contribution < 1.29 is 18.7 Å². The first kappa shape index (κ1) is 15.5. The summed E-state index contributed by atoms with van der Waals surface area (Å²) in [4.78, 5) is 24.0. The highest BCUT2D eigenvalue weighted by atomic mass is 16.5. The molecule has 2 aromatic heterocycles. The third kappa shape index (κ3) is 3.33. The van der Waals surface area contributed by atoms with Gasteiger partial charge in [0.2, 0.25) is 0 Å². The van der Waals surface area contributed by atoms with E-state index in [1.165, 1.54) is 17.9 Å². The summed E-state index contributed by atoms with van der Waals surface area (Å²) in [6, 6.07) is 11.6. The summed E-state index contributed by atoms with van der Waals surface area (Å²) in [7, 11) is 1.29. The van der Waals surface area contributed by atoms with Crippen LogP contribution >= 0.6 is 0 Å². The summed E-state index contributed by atoms with van der Waals surface area (Å²) in [5.74, 6) is -0.132. The molecule has 0 saturated carbocycles. The molecule has 6 nitrogen and oxygen atoms in total. The molecule has 0 atom stereocenters. The maximum atomic E-state index is 12.5. The Kier molecular flexibility index (Phi) is 4.38. The van der Waals surface area contributed by atoms with Crippen molar-refractivity contribution in [3.05, 3.63) is 77.5 Å². The lowest BCUT2D eigenvalue weighted by Crippen LogP contribution is -2.13. The molecule has 0 N–H and O–H groups in total. The van der Waals surface area contributed by atoms with Gasteiger partial charge in [-0.15, -0.1) is 0 Å². The fraction of sp³-hybridized carbons (Fsp3) is 0.0556. The number of nitrogens with zero attached hydrogens (tertiary/aromatic N) is 2. The third-order valence-electron chi connectivity index (χ3n) is 3.31. The van der Waals surface area contributed by atoms with Gasteiger partial charge in [-0.2, -0.15) is 5.10 Å². The zero-order valence-electron chi connectivity index (χ0n) is 12.9. The molecule has 0 aliphatic rings. The maximum absolute atomic E-state index is 12.5. The number of furan rings is 1. The Morgan fingerprint density at radius 2 is 1.96 bits per heavy atom. The highest BCUT2D eigenvalue weighted by Crippen LogP contribution is 2.10. The molecule has 1 aromatic carbocycles. The van der Waals surface area contributed by atoms with Crippen LogP contribution in [0.25, 0.3) is 12.2 Å². The average Bonchev–Trinajstić information content (AvgIpc) is 3.30. The Bertz CT molecular complexity index is 891. The van der Waals surface area contributed by atoms with Crippen molar-refractivity contribution in [3.8, 4) is 0 Å². The number of hydrogen-bond donors (Lipinski definition) is 0. The van der Waals surface area contributed by atoms with E-state index in [2.05, 4.69) is 9.84 Å². The molecular formula is C18H14N2O4. The van der Waals surface area contributed by atoms with E-state index in [1.807, 2.05) is 6.07 Å². The molecule has 0 saturated heterocycles. The summed E-state index contributed by atoms with van der Waals surface area (Å²) in [6.45, 7) is 0. The standard InChI is InChI=1S/C18H14N2O4/c1-23-18(22)14-5-2-4-13(12-14)17(21)20-10-9-15(19-20)7-8-16-6-3-11-24-16/h2-12H,1H3/b8-7+. The normalized spacial score (nSPS) is 10.9. The van der Waals surface area contributed by atoms with Crippen molar-refractivity contribution in [1.82, 2.24) is 9.78 Å². The SMILES string of the molecule is COC(=O)c1cccc(C(=O)n2ccc(/C=C/c3ccco3)n2)c1. The van der Waals surface area contributed by atoms with Crippen molar-refractivity contribution in [1.29, 1.82) is 0 Å². The summed E-state index contributed by atoms with van der Waals surface area (Å²) in [6.07, 6.45) is 6.65. The number of esters is 1. The minimum Gasteiger partial charge on any atom is -0.465 e. The molecule has 0 amide bonds. The smallest absolute Gasteiger partial charge is 0.337 e. The zero-order valence-corrected chi connectivity index (χ0v) is 12.9. The summed E-state index contributed by atoms with van der Waals surface area (Å²) in [5, 5.41) is 4.20. The van der Waals surface area contributed by atoms with E-state index >= 15 is 0 Å². The molecule has 3 rings (SSSR count). The number of benzene rings is 1. The van der Waals surface area contributed by atoms with Crippen LogP contribution in [0.15, 0.2) is 59.3 Å². The number of hydrogen-bond acceptors (Lipinski definition) is 5. The van der Waals surface area contributed by atoms with Crippen LogP contribution in [-0.4, -0.2) is 28.8 Å². The van der Waals surface area contributed by atoms with Gasteiger partial charge in [0, 0.05) is 11.8 Å². The highest BCUT2D eigenvalue weighted by molar-refractivity contribution is 5.98. The van der Waals surface area contributed by atoms with Crippen LogP contribution in [0, 0.1) is 0 Å². The molecule has 120 valence electrons. The van der Waals surface area contributed by atoms with Gasteiger partial charge in [-0.05, 0) is 48.6 Å². The van der Waals surface area contributed by atoms with Crippen molar-refractivity contribution >= 4 is 24.0 Å². The largest absolute Gasteiger partial charge is 0.465 e. The molecule has 24 heavy (non-hydrogen) atoms. The van der Waals surface area contributed by atoms with E-state index in [1.54, 1.807) is 54.9 Å². The summed E-state index contributed by atoms with van der Waals surface area (Å²) in [5.41, 5.74) is 1.28. The van der Waals surface area contributed by atoms with Gasteiger partial charge in [-0.3, -0.25) is 4.79 Å². The molecule has 6 heteroatoms. The maximum Gasteiger partial charge on any atom is 0.337 e. The molecule has 3 aromatic rings. The minimum atomic E-state index is -0.493. The molecule has 0 spiro atoms. The van der Waals surface area contributed by atoms with Crippen LogP contribution in [0.4, 0.5) is 0 Å². The first-order chi connectivity index (χ1) is 11.7. The summed E-state index contributed by atoms with van der Waals surface area (Å²) < 4.78 is 11.1. The topological polar surface area (TPSA) is 74.3 Å². The number of rotatable bonds is 4. The van der Waals surface area contributed by atoms with Gasteiger partial charge < -0.3 is 9.15 Å². The highest BCUT2D eigenvalue weighted by Gasteiger charge is 2.13. The third-order valence-corrected chi connectivity index (χ3v) is 3.31. The fourth-order valence-corrected chi connectivity index (χ4v) is 2.12. The van der Waals surface area contributed by atoms with E-state index in [0.29, 0.717) is 22.6 Å². The average molecular weight is 322 g/mol. The molecule has 0 bridgehead atoms. The van der Waals surface area contributed by atoms with E-state index < -0.39 is 5.97 Å². The lowest BCUT2D eigenvalue weighted by atomic mass is 10.1. The van der Waals surface area contributed by atoms with Gasteiger partial charge in [0.1, 0.15) is 5.76 Å². The van der Waals surface area contributed by atoms with Gasteiger partial charge in [0.25, 0.3) is 5.91 Å². The van der Waals surface area contributed by atoms with E-state index in [9.17, 15) is 9.59 Å². The molecular weight excluding hydrogens is 308 g/mol. The first-order valence-electron chi connectivity index (χ1n) is 7.18. The predicted molar refractivity (Wildman–Crippen MR) is 87.4 cm³/mol. The zero-order chi connectivity index (χ0) is 16.9. The fourth-order valence-electron chi connectivity index (χ4n) is 2.12. The minimum absolute atomic E-state index is 0.313. The van der Waals surface area contributed by atoms with Gasteiger partial charge >= 0.3 is 5.97 Å². The van der Waals surface area contributed by atoms with E-state index in [4.69, 9.17) is 4.42 Å². The van der Waals surface area contributed by atoms with Crippen molar-refractivity contribution in [2.24, 2.45) is 0 Å². The van der Waals surface area contributed by atoms with Crippen molar-refractivity contribution in [2.45, 2.75) is 0 Å². The van der Waals surface area contributed by atoms with Crippen LogP contribution in [0.1, 0.15) is 32.2 Å². The molecule has 0 aliphatic carbocycles. The lowest BCUT2D eigenvalue weighted by molar-refractivity contribution is 0.0600. The Balaban J connectivity index is 1.80. The second-order valence-corrected chi connectivity index (χ2v) is 4.91. The molecule has 2 heterocycles. The van der Waals surface area contributed by atoms with Crippen LogP contribution < -0.4 is 0 Å². The van der Waals surface area contributed by atoms with Crippen LogP contribution in [0.3, 0.4) is 0 Å². The molecule has 0 radical (unpaired) electrons. The van der Waals surface area contributed by atoms with Gasteiger partial charge in [0.05, 0.1) is 24.6 Å². The Labute approximate surface area is 138 Å². The van der Waals surface area contributed by atoms with E-state index in [-0.39, 0.29) is 5.91 Å². The quantitative estimate of drug-likeness (QED) is 0.690. The van der Waals surface area contributed by atoms with Gasteiger partial charge in [0.15, 0.2) is 0 Å². The number of ether oxygens (including phenoxy) is 1. The predicted octanol–water partition coefficient (Wildman–Crippen LogP) is 3.12. The Morgan fingerprint density at radius 3 is 2.71 bits per heavy atom. The van der Waals surface area contributed by atoms with Crippen LogP contribution in [0.2, 0.25) is 0 Å². The second kappa shape index (κ2) is 6.78. The molecule has 0 aliphatic heterocycles. The first-order valence-corrected chi connectivity index (χ1v) is 7.18. The lowest BCUT2D eigenvalue weighted by Gasteiger charge is -2.03. The number of carbonyl (C=O) groups excluding carboxylic acids is 2. The number of aromatic nitrogens is 2. The van der Waals surface area contributed by atoms with Crippen LogP contribution in [-0.2, 0) is 4.74 Å². The van der Waals surface area contributed by atoms with Crippen molar-refractivity contribution in [2.75, 3.05) is 7.11 Å². The van der Waals surface area contributed by atoms with Gasteiger partial charge in [-0.1, -0.05) is 6.07 Å². The Hall–Kier alpha value is -3.41. The molecule has 0 unspecified atom stereocenters. The number of methoxy groups -OCH3 is 1. The monoisotopic (exact) mass is 322 g/mol. The molecule has 0 fully saturated rings. The van der Waals surface area contributed by atoms with Crippen LogP contribution in [0.5, 0.6) is 0 Å². The second-order valence-electron chi connectivity index (χ2n) is 4.91. The summed E-state index contributed by atoms with van der Waals surface area (Å²) >= 11 is 0. The van der Waals surface area contributed by atoms with Crippen molar-refractivity contribution in [3.63, 3.8) is 0 Å². The number of carbonyl (C=O) groups is 2. The van der Waals surface area contributed by atoms with Gasteiger partial charge in [-0.25, -0.2) is 9.48 Å².